The number of rotatable bonds is 5. The number of anilines is 1. The SMILES string of the molecule is C[C@@H]1CC(c2cc(NC(=O)c3cccc(-c4cnn(CC(F)(F)F)c4)n3)ncn2)C[C@H](C)C1(C)O. The molecule has 1 aliphatic rings. The van der Waals surface area contributed by atoms with E-state index in [4.69, 9.17) is 0 Å². The smallest absolute Gasteiger partial charge is 0.390 e. The highest BCUT2D eigenvalue weighted by molar-refractivity contribution is 6.02. The molecule has 11 heteroatoms. The lowest BCUT2D eigenvalue weighted by Crippen LogP contribution is -2.44. The van der Waals surface area contributed by atoms with Gasteiger partial charge in [0.15, 0.2) is 0 Å². The van der Waals surface area contributed by atoms with E-state index in [1.807, 2.05) is 20.8 Å². The number of aliphatic hydroxyl groups is 1. The molecular weight excluding hydrogens is 461 g/mol. The summed E-state index contributed by atoms with van der Waals surface area (Å²) in [7, 11) is 0. The van der Waals surface area contributed by atoms with Crippen molar-refractivity contribution in [3.63, 3.8) is 0 Å². The van der Waals surface area contributed by atoms with Crippen molar-refractivity contribution < 1.29 is 23.1 Å². The third kappa shape index (κ3) is 5.67. The summed E-state index contributed by atoms with van der Waals surface area (Å²) in [4.78, 5) is 25.6. The van der Waals surface area contributed by atoms with Crippen molar-refractivity contribution in [2.45, 2.75) is 57.9 Å². The van der Waals surface area contributed by atoms with Crippen molar-refractivity contribution in [3.05, 3.63) is 54.4 Å². The van der Waals surface area contributed by atoms with Crippen molar-refractivity contribution in [3.8, 4) is 11.3 Å². The van der Waals surface area contributed by atoms with Crippen LogP contribution in [-0.4, -0.2) is 47.5 Å². The van der Waals surface area contributed by atoms with E-state index >= 15 is 0 Å². The largest absolute Gasteiger partial charge is 0.408 e. The van der Waals surface area contributed by atoms with E-state index in [-0.39, 0.29) is 23.4 Å². The number of hydrogen-bond donors (Lipinski definition) is 2. The van der Waals surface area contributed by atoms with Gasteiger partial charge in [-0.2, -0.15) is 18.3 Å². The number of carbonyl (C=O) groups excluding carboxylic acids is 1. The number of carbonyl (C=O) groups is 1. The van der Waals surface area contributed by atoms with E-state index in [0.717, 1.165) is 23.2 Å². The molecule has 2 N–H and O–H groups in total. The molecule has 3 heterocycles. The Hall–Kier alpha value is -3.34. The maximum atomic E-state index is 12.8. The predicted molar refractivity (Wildman–Crippen MR) is 122 cm³/mol. The molecule has 1 amide bonds. The number of aromatic nitrogens is 5. The maximum absolute atomic E-state index is 12.8. The lowest BCUT2D eigenvalue weighted by atomic mass is 9.66. The molecule has 8 nitrogen and oxygen atoms in total. The average Bonchev–Trinajstić information content (AvgIpc) is 3.24. The molecular formula is C24H27F3N6O2. The van der Waals surface area contributed by atoms with E-state index in [1.165, 1.54) is 24.8 Å². The monoisotopic (exact) mass is 488 g/mol. The van der Waals surface area contributed by atoms with Gasteiger partial charge in [0, 0.05) is 29.4 Å². The van der Waals surface area contributed by atoms with Crippen molar-refractivity contribution in [2.75, 3.05) is 5.32 Å². The first-order chi connectivity index (χ1) is 16.4. The third-order valence-electron chi connectivity index (χ3n) is 6.87. The second-order valence-electron chi connectivity index (χ2n) is 9.43. The van der Waals surface area contributed by atoms with Crippen LogP contribution in [0.5, 0.6) is 0 Å². The number of nitrogens with one attached hydrogen (secondary N) is 1. The van der Waals surface area contributed by atoms with Gasteiger partial charge in [-0.15, -0.1) is 0 Å². The number of nitrogens with zero attached hydrogens (tertiary/aromatic N) is 5. The summed E-state index contributed by atoms with van der Waals surface area (Å²) in [6.45, 7) is 4.71. The topological polar surface area (TPSA) is 106 Å². The fraction of sp³-hybridized carbons (Fsp3) is 0.458. The van der Waals surface area contributed by atoms with Crippen LogP contribution in [-0.2, 0) is 6.54 Å². The molecule has 1 saturated carbocycles. The molecule has 4 atom stereocenters. The van der Waals surface area contributed by atoms with E-state index in [9.17, 15) is 23.1 Å². The van der Waals surface area contributed by atoms with Crippen LogP contribution in [0.3, 0.4) is 0 Å². The Bertz CT molecular complexity index is 1200. The number of pyridine rings is 1. The minimum absolute atomic E-state index is 0.0854. The van der Waals surface area contributed by atoms with Crippen LogP contribution in [0.4, 0.5) is 19.0 Å². The molecule has 0 radical (unpaired) electrons. The Morgan fingerprint density at radius 2 is 1.94 bits per heavy atom. The zero-order valence-electron chi connectivity index (χ0n) is 19.6. The minimum atomic E-state index is -4.39. The fourth-order valence-corrected chi connectivity index (χ4v) is 4.49. The molecule has 4 rings (SSSR count). The lowest BCUT2D eigenvalue weighted by Gasteiger charge is -2.44. The molecule has 3 aromatic rings. The molecule has 1 aliphatic carbocycles. The van der Waals surface area contributed by atoms with E-state index < -0.39 is 24.2 Å². The van der Waals surface area contributed by atoms with Gasteiger partial charge in [0.05, 0.1) is 17.5 Å². The van der Waals surface area contributed by atoms with Crippen LogP contribution < -0.4 is 5.32 Å². The summed E-state index contributed by atoms with van der Waals surface area (Å²) in [6.07, 6.45) is 1.06. The normalized spacial score (nSPS) is 24.8. The zero-order chi connectivity index (χ0) is 25.4. The van der Waals surface area contributed by atoms with Crippen LogP contribution >= 0.6 is 0 Å². The molecule has 3 aromatic heterocycles. The summed E-state index contributed by atoms with van der Waals surface area (Å²) < 4.78 is 38.6. The van der Waals surface area contributed by atoms with E-state index in [1.54, 1.807) is 18.2 Å². The molecule has 35 heavy (non-hydrogen) atoms. The number of amides is 1. The summed E-state index contributed by atoms with van der Waals surface area (Å²) in [5.41, 5.74) is 0.836. The van der Waals surface area contributed by atoms with Gasteiger partial charge in [0.1, 0.15) is 24.4 Å². The van der Waals surface area contributed by atoms with Gasteiger partial charge in [0.2, 0.25) is 0 Å². The molecule has 0 aliphatic heterocycles. The van der Waals surface area contributed by atoms with E-state index in [0.29, 0.717) is 17.1 Å². The first-order valence-corrected chi connectivity index (χ1v) is 11.3. The predicted octanol–water partition coefficient (Wildman–Crippen LogP) is 4.45. The quantitative estimate of drug-likeness (QED) is 0.550. The van der Waals surface area contributed by atoms with Crippen LogP contribution in [0.25, 0.3) is 11.3 Å². The molecule has 1 fully saturated rings. The Morgan fingerprint density at radius 3 is 2.63 bits per heavy atom. The van der Waals surface area contributed by atoms with Crippen molar-refractivity contribution in [1.29, 1.82) is 0 Å². The number of alkyl halides is 3. The second-order valence-corrected chi connectivity index (χ2v) is 9.43. The Labute approximate surface area is 200 Å². The third-order valence-corrected chi connectivity index (χ3v) is 6.87. The molecule has 0 aromatic carbocycles. The summed E-state index contributed by atoms with van der Waals surface area (Å²) >= 11 is 0. The highest BCUT2D eigenvalue weighted by Crippen LogP contribution is 2.44. The van der Waals surface area contributed by atoms with Gasteiger partial charge in [-0.25, -0.2) is 15.0 Å². The number of halogens is 3. The highest BCUT2D eigenvalue weighted by Gasteiger charge is 2.42. The summed E-state index contributed by atoms with van der Waals surface area (Å²) in [6, 6.07) is 6.43. The van der Waals surface area contributed by atoms with Crippen LogP contribution in [0.1, 0.15) is 55.7 Å². The summed E-state index contributed by atoms with van der Waals surface area (Å²) in [5, 5.41) is 17.1. The van der Waals surface area contributed by atoms with Gasteiger partial charge >= 0.3 is 6.18 Å². The maximum Gasteiger partial charge on any atom is 0.408 e. The van der Waals surface area contributed by atoms with E-state index in [2.05, 4.69) is 25.4 Å². The van der Waals surface area contributed by atoms with Gasteiger partial charge in [-0.05, 0) is 43.7 Å². The summed E-state index contributed by atoms with van der Waals surface area (Å²) in [5.74, 6) is 0.136. The zero-order valence-corrected chi connectivity index (χ0v) is 19.6. The van der Waals surface area contributed by atoms with Crippen LogP contribution in [0.15, 0.2) is 43.0 Å². The van der Waals surface area contributed by atoms with Gasteiger partial charge in [-0.1, -0.05) is 19.9 Å². The van der Waals surface area contributed by atoms with Crippen molar-refractivity contribution in [2.24, 2.45) is 11.8 Å². The standard InChI is InChI=1S/C24H27F3N6O2/c1-14-7-16(8-15(2)23(14,3)35)20-9-21(29-13-28-20)32-22(34)19-6-4-5-18(31-19)17-10-30-33(11-17)12-24(25,26)27/h4-6,9-11,13-16,35H,7-8,12H2,1-3H3,(H,28,29,32,34)/t14-,15+,16?,23?. The first-order valence-electron chi connectivity index (χ1n) is 11.3. The first kappa shape index (κ1) is 24.8. The molecule has 0 spiro atoms. The van der Waals surface area contributed by atoms with Crippen LogP contribution in [0.2, 0.25) is 0 Å². The number of hydrogen-bond acceptors (Lipinski definition) is 6. The fourth-order valence-electron chi connectivity index (χ4n) is 4.49. The molecule has 0 bridgehead atoms. The van der Waals surface area contributed by atoms with Gasteiger partial charge in [-0.3, -0.25) is 9.48 Å². The Balaban J connectivity index is 1.47. The lowest BCUT2D eigenvalue weighted by molar-refractivity contribution is -0.142. The van der Waals surface area contributed by atoms with Crippen LogP contribution in [0, 0.1) is 11.8 Å². The van der Waals surface area contributed by atoms with Gasteiger partial charge in [0.25, 0.3) is 5.91 Å². The average molecular weight is 489 g/mol. The molecule has 0 saturated heterocycles. The van der Waals surface area contributed by atoms with Crippen molar-refractivity contribution in [1.82, 2.24) is 24.7 Å². The molecule has 186 valence electrons. The van der Waals surface area contributed by atoms with Crippen molar-refractivity contribution >= 4 is 11.7 Å². The highest BCUT2D eigenvalue weighted by atomic mass is 19.4. The Morgan fingerprint density at radius 1 is 1.23 bits per heavy atom. The minimum Gasteiger partial charge on any atom is -0.390 e. The Kier molecular flexibility index (Phi) is 6.63. The second kappa shape index (κ2) is 9.37. The molecule has 2 unspecified atom stereocenters. The van der Waals surface area contributed by atoms with Gasteiger partial charge < -0.3 is 10.4 Å².